The van der Waals surface area contributed by atoms with Crippen LogP contribution in [-0.4, -0.2) is 82.3 Å². The molecule has 0 saturated heterocycles. The number of allylic oxidation sites excluding steroid dienone is 28. The number of hydrogen-bond donors (Lipinski definition) is 0. The van der Waals surface area contributed by atoms with E-state index >= 15 is 0 Å². The summed E-state index contributed by atoms with van der Waals surface area (Å²) in [5, 5.41) is 11.8. The zero-order valence-corrected chi connectivity index (χ0v) is 54.4. The van der Waals surface area contributed by atoms with E-state index in [1.54, 1.807) is 0 Å². The van der Waals surface area contributed by atoms with E-state index in [1.165, 1.54) is 51.4 Å². The number of unbranched alkanes of at least 4 members (excludes halogenated alkanes) is 16. The quantitative estimate of drug-likeness (QED) is 0.0195. The van der Waals surface area contributed by atoms with Crippen LogP contribution in [0.3, 0.4) is 0 Å². The van der Waals surface area contributed by atoms with Crippen molar-refractivity contribution in [3.63, 3.8) is 0 Å². The molecule has 0 bridgehead atoms. The topological polar surface area (TPSA) is 111 Å². The third-order valence-corrected chi connectivity index (χ3v) is 13.5. The lowest BCUT2D eigenvalue weighted by Gasteiger charge is -2.26. The summed E-state index contributed by atoms with van der Waals surface area (Å²) in [7, 11) is 5.91. The first-order chi connectivity index (χ1) is 41.6. The Bertz CT molecular complexity index is 2000. The monoisotopic (exact) mass is 1180 g/mol. The summed E-state index contributed by atoms with van der Waals surface area (Å²) in [6.45, 7) is 4.48. The van der Waals surface area contributed by atoms with Gasteiger partial charge in [-0.2, -0.15) is 0 Å². The van der Waals surface area contributed by atoms with Gasteiger partial charge in [-0.15, -0.1) is 0 Å². The Hall–Kier alpha value is -5.35. The van der Waals surface area contributed by atoms with E-state index in [9.17, 15) is 19.5 Å². The van der Waals surface area contributed by atoms with Crippen LogP contribution >= 0.6 is 0 Å². The highest BCUT2D eigenvalue weighted by Crippen LogP contribution is 2.15. The van der Waals surface area contributed by atoms with Gasteiger partial charge in [-0.05, 0) is 128 Å². The average molecular weight is 1180 g/mol. The molecule has 85 heavy (non-hydrogen) atoms. The zero-order valence-electron chi connectivity index (χ0n) is 54.4. The second-order valence-electron chi connectivity index (χ2n) is 22.6. The maximum absolute atomic E-state index is 12.9. The van der Waals surface area contributed by atoms with E-state index in [0.717, 1.165) is 148 Å². The van der Waals surface area contributed by atoms with Crippen molar-refractivity contribution in [2.24, 2.45) is 0 Å². The van der Waals surface area contributed by atoms with Gasteiger partial charge in [0.25, 0.3) is 0 Å². The van der Waals surface area contributed by atoms with E-state index in [2.05, 4.69) is 184 Å². The van der Waals surface area contributed by atoms with Crippen LogP contribution in [-0.2, 0) is 33.3 Å². The number of carboxylic acid groups (broad SMARTS) is 1. The summed E-state index contributed by atoms with van der Waals surface area (Å²) < 4.78 is 22.7. The number of carbonyl (C=O) groups is 3. The van der Waals surface area contributed by atoms with Crippen LogP contribution in [0, 0.1) is 0 Å². The molecule has 0 amide bonds. The molecule has 478 valence electrons. The van der Waals surface area contributed by atoms with Gasteiger partial charge in [-0.3, -0.25) is 9.59 Å². The Balaban J connectivity index is 4.26. The number of carboxylic acids is 1. The second-order valence-corrected chi connectivity index (χ2v) is 22.6. The number of likely N-dealkylation sites (N-methyl/N-ethyl adjacent to an activating group) is 1. The number of ether oxygens (including phenoxy) is 4. The fourth-order valence-corrected chi connectivity index (χ4v) is 8.44. The molecule has 0 heterocycles. The minimum atomic E-state index is -1.64. The molecule has 0 rings (SSSR count). The number of carbonyl (C=O) groups excluding carboxylic acids is 3. The second kappa shape index (κ2) is 64.6. The molecule has 0 aromatic rings. The van der Waals surface area contributed by atoms with E-state index < -0.39 is 24.3 Å². The van der Waals surface area contributed by atoms with Crippen molar-refractivity contribution in [1.82, 2.24) is 0 Å². The molecule has 0 aromatic carbocycles. The first kappa shape index (κ1) is 79.7. The predicted molar refractivity (Wildman–Crippen MR) is 361 cm³/mol. The van der Waals surface area contributed by atoms with E-state index in [0.29, 0.717) is 17.4 Å². The smallest absolute Gasteiger partial charge is 0.306 e. The standard InChI is InChI=1S/C76H121NO8/c1-6-8-10-12-14-16-18-20-22-24-26-28-30-32-34-35-36-37-38-39-41-43-45-47-49-51-53-55-57-59-61-63-65-67-74(79)85-72(71-84-76(75(80)81)82-69-68-77(3,4)5)70-83-73(78)66-64-62-60-58-56-54-52-50-48-46-44-42-40-33-31-29-27-25-23-21-19-17-15-13-11-9-7-2/h8-11,14-17,20-23,26-29,32-34,36-37,39-41,44-47,72,76H,6-7,12-13,18-19,24-25,30-31,35,38,42-43,48-71H2,1-5H3/b10-8-,11-9-,16-14-,17-15-,22-20-,23-21-,28-26-,29-27-,34-32-,37-36-,40-33-,41-39-,46-44-,47-45-. The summed E-state index contributed by atoms with van der Waals surface area (Å²) >= 11 is 0. The van der Waals surface area contributed by atoms with Crippen molar-refractivity contribution in [3.05, 3.63) is 170 Å². The van der Waals surface area contributed by atoms with Gasteiger partial charge in [0.1, 0.15) is 13.2 Å². The van der Waals surface area contributed by atoms with Crippen molar-refractivity contribution in [2.75, 3.05) is 47.5 Å². The third-order valence-electron chi connectivity index (χ3n) is 13.5. The van der Waals surface area contributed by atoms with Crippen LogP contribution in [0.4, 0.5) is 0 Å². The molecule has 0 spiro atoms. The first-order valence-corrected chi connectivity index (χ1v) is 33.3. The maximum Gasteiger partial charge on any atom is 0.306 e. The third kappa shape index (κ3) is 66.0. The fourth-order valence-electron chi connectivity index (χ4n) is 8.44. The number of hydrogen-bond acceptors (Lipinski definition) is 8. The van der Waals surface area contributed by atoms with Crippen LogP contribution in [0.1, 0.15) is 232 Å². The van der Waals surface area contributed by atoms with Crippen LogP contribution in [0.15, 0.2) is 170 Å². The lowest BCUT2D eigenvalue weighted by molar-refractivity contribution is -0.870. The van der Waals surface area contributed by atoms with Gasteiger partial charge in [0.05, 0.1) is 40.3 Å². The van der Waals surface area contributed by atoms with Gasteiger partial charge in [0, 0.05) is 12.8 Å². The number of esters is 2. The highest BCUT2D eigenvalue weighted by molar-refractivity contribution is 5.70. The average Bonchev–Trinajstić information content (AvgIpc) is 3.49. The normalized spacial score (nSPS) is 13.8. The van der Waals surface area contributed by atoms with Crippen molar-refractivity contribution >= 4 is 17.9 Å². The number of quaternary nitrogens is 1. The molecule has 0 radical (unpaired) electrons. The lowest BCUT2D eigenvalue weighted by atomic mass is 10.1. The van der Waals surface area contributed by atoms with Gasteiger partial charge in [-0.1, -0.05) is 261 Å². The summed E-state index contributed by atoms with van der Waals surface area (Å²) in [6, 6.07) is 0. The fraction of sp³-hybridized carbons (Fsp3) is 0.592. The van der Waals surface area contributed by atoms with E-state index in [1.807, 2.05) is 21.1 Å². The molecule has 9 nitrogen and oxygen atoms in total. The minimum absolute atomic E-state index is 0.135. The van der Waals surface area contributed by atoms with Gasteiger partial charge < -0.3 is 33.3 Å². The Kier molecular flexibility index (Phi) is 60.6. The van der Waals surface area contributed by atoms with Crippen LogP contribution in [0.5, 0.6) is 0 Å². The van der Waals surface area contributed by atoms with Crippen molar-refractivity contribution in [2.45, 2.75) is 245 Å². The van der Waals surface area contributed by atoms with Gasteiger partial charge >= 0.3 is 11.9 Å². The zero-order chi connectivity index (χ0) is 61.9. The highest BCUT2D eigenvalue weighted by Gasteiger charge is 2.22. The molecule has 0 fully saturated rings. The largest absolute Gasteiger partial charge is 0.545 e. The minimum Gasteiger partial charge on any atom is -0.545 e. The Morgan fingerprint density at radius 1 is 0.353 bits per heavy atom. The molecule has 0 aliphatic rings. The van der Waals surface area contributed by atoms with Crippen LogP contribution < -0.4 is 5.11 Å². The summed E-state index contributed by atoms with van der Waals surface area (Å²) in [5.74, 6) is -2.32. The van der Waals surface area contributed by atoms with Crippen molar-refractivity contribution < 1.29 is 42.9 Å². The highest BCUT2D eigenvalue weighted by atomic mass is 16.7. The van der Waals surface area contributed by atoms with Crippen LogP contribution in [0.25, 0.3) is 0 Å². The molecule has 9 heteroatoms. The molecule has 0 aliphatic heterocycles. The summed E-state index contributed by atoms with van der Waals surface area (Å²) in [6.07, 6.45) is 94.1. The molecular weight excluding hydrogens is 1050 g/mol. The SMILES string of the molecule is CC/C=C\C/C=C\C/C=C\C/C=C\C/C=C\C/C=C\C/C=C\C/C=C\CCCCCCCCCCC(=O)OC(COC(=O)CCCCCCCCCC/C=C\C/C=C\C/C=C\C/C=C\C/C=C\C/C=C\CC)COC(OCC[N+](C)(C)C)C(=O)[O-]. The molecule has 0 aliphatic carbocycles. The molecule has 0 aromatic heterocycles. The van der Waals surface area contributed by atoms with Crippen LogP contribution in [0.2, 0.25) is 0 Å². The van der Waals surface area contributed by atoms with Crippen molar-refractivity contribution in [1.29, 1.82) is 0 Å². The molecule has 2 atom stereocenters. The molecule has 0 N–H and O–H groups in total. The molecule has 2 unspecified atom stereocenters. The van der Waals surface area contributed by atoms with E-state index in [4.69, 9.17) is 18.9 Å². The maximum atomic E-state index is 12.9. The number of rotatable bonds is 59. The Morgan fingerprint density at radius 3 is 0.941 bits per heavy atom. The summed E-state index contributed by atoms with van der Waals surface area (Å²) in [4.78, 5) is 37.5. The Morgan fingerprint density at radius 2 is 0.635 bits per heavy atom. The van der Waals surface area contributed by atoms with Gasteiger partial charge in [0.15, 0.2) is 12.4 Å². The molecular formula is C76H121NO8. The van der Waals surface area contributed by atoms with E-state index in [-0.39, 0.29) is 38.6 Å². The van der Waals surface area contributed by atoms with Gasteiger partial charge in [0.2, 0.25) is 0 Å². The number of nitrogens with zero attached hydrogens (tertiary/aromatic N) is 1. The molecule has 0 saturated carbocycles. The number of aliphatic carboxylic acids is 1. The summed E-state index contributed by atoms with van der Waals surface area (Å²) in [5.41, 5.74) is 0. The van der Waals surface area contributed by atoms with Gasteiger partial charge in [-0.25, -0.2) is 0 Å². The Labute approximate surface area is 520 Å². The van der Waals surface area contributed by atoms with Crippen molar-refractivity contribution in [3.8, 4) is 0 Å². The predicted octanol–water partition coefficient (Wildman–Crippen LogP) is 19.3. The lowest BCUT2D eigenvalue weighted by Crippen LogP contribution is -2.44. The first-order valence-electron chi connectivity index (χ1n) is 33.3.